The van der Waals surface area contributed by atoms with Crippen molar-refractivity contribution < 1.29 is 4.42 Å². The van der Waals surface area contributed by atoms with E-state index in [0.29, 0.717) is 11.1 Å². The molecule has 0 aliphatic carbocycles. The molecule has 0 aliphatic heterocycles. The van der Waals surface area contributed by atoms with Gasteiger partial charge in [-0.1, -0.05) is 42.1 Å². The van der Waals surface area contributed by atoms with Gasteiger partial charge in [0.25, 0.3) is 5.22 Å². The third-order valence-electron chi connectivity index (χ3n) is 3.08. The second-order valence-electron chi connectivity index (χ2n) is 4.60. The van der Waals surface area contributed by atoms with Gasteiger partial charge in [-0.25, -0.2) is 4.98 Å². The van der Waals surface area contributed by atoms with Gasteiger partial charge in [0.05, 0.1) is 16.0 Å². The van der Waals surface area contributed by atoms with Gasteiger partial charge >= 0.3 is 0 Å². The maximum absolute atomic E-state index is 5.68. The van der Waals surface area contributed by atoms with E-state index in [9.17, 15) is 0 Å². The van der Waals surface area contributed by atoms with Crippen molar-refractivity contribution in [2.45, 2.75) is 11.0 Å². The van der Waals surface area contributed by atoms with Crippen LogP contribution in [0.15, 0.2) is 64.2 Å². The lowest BCUT2D eigenvalue weighted by atomic mass is 10.2. The number of benzene rings is 2. The van der Waals surface area contributed by atoms with Crippen LogP contribution in [0.5, 0.6) is 0 Å². The Kier molecular flexibility index (Phi) is 3.62. The number of nitrogens with zero attached hydrogens (tertiary/aromatic N) is 3. The highest BCUT2D eigenvalue weighted by Gasteiger charge is 2.10. The Morgan fingerprint density at radius 2 is 1.77 bits per heavy atom. The summed E-state index contributed by atoms with van der Waals surface area (Å²) in [6, 6.07) is 17.9. The number of hydrogen-bond acceptors (Lipinski definition) is 6. The molecular formula is C16H11N3OS2. The average molecular weight is 325 g/mol. The van der Waals surface area contributed by atoms with E-state index in [2.05, 4.69) is 21.2 Å². The molecule has 2 aromatic heterocycles. The summed E-state index contributed by atoms with van der Waals surface area (Å²) in [6.07, 6.45) is 0. The van der Waals surface area contributed by atoms with Gasteiger partial charge in [0.2, 0.25) is 5.89 Å². The highest BCUT2D eigenvalue weighted by Crippen LogP contribution is 2.29. The molecule has 0 saturated heterocycles. The van der Waals surface area contributed by atoms with Crippen molar-refractivity contribution in [2.24, 2.45) is 0 Å². The molecule has 0 aliphatic rings. The van der Waals surface area contributed by atoms with Crippen LogP contribution in [0.3, 0.4) is 0 Å². The number of aromatic nitrogens is 3. The Morgan fingerprint density at radius 1 is 0.955 bits per heavy atom. The Morgan fingerprint density at radius 3 is 2.64 bits per heavy atom. The van der Waals surface area contributed by atoms with Crippen molar-refractivity contribution in [2.75, 3.05) is 0 Å². The predicted molar refractivity (Wildman–Crippen MR) is 88.9 cm³/mol. The number of fused-ring (bicyclic) bond motifs is 1. The predicted octanol–water partition coefficient (Wildman–Crippen LogP) is 4.64. The average Bonchev–Trinajstić information content (AvgIpc) is 3.20. The van der Waals surface area contributed by atoms with Crippen molar-refractivity contribution in [1.82, 2.24) is 15.2 Å². The molecule has 2 heterocycles. The number of thioether (sulfide) groups is 1. The van der Waals surface area contributed by atoms with E-state index >= 15 is 0 Å². The van der Waals surface area contributed by atoms with Crippen LogP contribution in [0.4, 0.5) is 0 Å². The molecule has 0 bridgehead atoms. The lowest BCUT2D eigenvalue weighted by Crippen LogP contribution is -1.78. The van der Waals surface area contributed by atoms with E-state index in [-0.39, 0.29) is 0 Å². The van der Waals surface area contributed by atoms with E-state index in [1.807, 2.05) is 48.5 Å². The summed E-state index contributed by atoms with van der Waals surface area (Å²) in [7, 11) is 0. The zero-order valence-corrected chi connectivity index (χ0v) is 13.1. The summed E-state index contributed by atoms with van der Waals surface area (Å²) in [5.74, 6) is 1.28. The molecule has 0 atom stereocenters. The Hall–Kier alpha value is -2.18. The molecule has 4 nitrogen and oxygen atoms in total. The fourth-order valence-corrected chi connectivity index (χ4v) is 3.79. The van der Waals surface area contributed by atoms with Gasteiger partial charge in [-0.2, -0.15) is 0 Å². The monoisotopic (exact) mass is 325 g/mol. The molecule has 0 radical (unpaired) electrons. The van der Waals surface area contributed by atoms with Crippen molar-refractivity contribution in [3.63, 3.8) is 0 Å². The largest absolute Gasteiger partial charge is 0.411 e. The third kappa shape index (κ3) is 2.75. The number of para-hydroxylation sites is 1. The van der Waals surface area contributed by atoms with Crippen molar-refractivity contribution >= 4 is 33.3 Å². The van der Waals surface area contributed by atoms with Crippen LogP contribution in [0.2, 0.25) is 0 Å². The Labute approximate surface area is 135 Å². The Balaban J connectivity index is 1.49. The van der Waals surface area contributed by atoms with Gasteiger partial charge in [0, 0.05) is 5.56 Å². The molecule has 0 N–H and O–H groups in total. The molecule has 0 unspecified atom stereocenters. The first kappa shape index (κ1) is 13.5. The first-order valence-corrected chi connectivity index (χ1v) is 8.55. The maximum Gasteiger partial charge on any atom is 0.277 e. The summed E-state index contributed by atoms with van der Waals surface area (Å²) in [4.78, 5) is 4.60. The summed E-state index contributed by atoms with van der Waals surface area (Å²) >= 11 is 3.21. The molecule has 4 aromatic rings. The van der Waals surface area contributed by atoms with Crippen molar-refractivity contribution in [3.8, 4) is 11.5 Å². The fourth-order valence-electron chi connectivity index (χ4n) is 2.07. The minimum atomic E-state index is 0.549. The summed E-state index contributed by atoms with van der Waals surface area (Å²) in [5, 5.41) is 9.80. The zero-order valence-electron chi connectivity index (χ0n) is 11.5. The van der Waals surface area contributed by atoms with E-state index < -0.39 is 0 Å². The molecule has 6 heteroatoms. The smallest absolute Gasteiger partial charge is 0.277 e. The van der Waals surface area contributed by atoms with Gasteiger partial charge < -0.3 is 4.42 Å². The standard InChI is InChI=1S/C16H11N3OS2/c1-2-6-11(7-3-1)15-18-19-16(20-15)21-10-14-17-12-8-4-5-9-13(12)22-14/h1-9H,10H2. The normalized spacial score (nSPS) is 11.1. The second-order valence-corrected chi connectivity index (χ2v) is 6.64. The molecular weight excluding hydrogens is 314 g/mol. The maximum atomic E-state index is 5.68. The molecule has 0 saturated carbocycles. The van der Waals surface area contributed by atoms with E-state index in [4.69, 9.17) is 4.42 Å². The topological polar surface area (TPSA) is 51.8 Å². The van der Waals surface area contributed by atoms with Gasteiger partial charge in [-0.05, 0) is 24.3 Å². The van der Waals surface area contributed by atoms with Gasteiger partial charge in [0.1, 0.15) is 5.01 Å². The van der Waals surface area contributed by atoms with Crippen LogP contribution < -0.4 is 0 Å². The molecule has 0 fully saturated rings. The summed E-state index contributed by atoms with van der Waals surface area (Å²) in [5.41, 5.74) is 1.97. The van der Waals surface area contributed by atoms with Gasteiger partial charge in [-0.3, -0.25) is 0 Å². The third-order valence-corrected chi connectivity index (χ3v) is 5.13. The minimum absolute atomic E-state index is 0.549. The Bertz CT molecular complexity index is 869. The summed E-state index contributed by atoms with van der Waals surface area (Å²) < 4.78 is 6.89. The van der Waals surface area contributed by atoms with Crippen LogP contribution in [0, 0.1) is 0 Å². The van der Waals surface area contributed by atoms with Crippen LogP contribution in [-0.2, 0) is 5.75 Å². The first-order chi connectivity index (χ1) is 10.9. The number of thiazole rings is 1. The highest BCUT2D eigenvalue weighted by atomic mass is 32.2. The van der Waals surface area contributed by atoms with Crippen LogP contribution in [0.25, 0.3) is 21.7 Å². The first-order valence-electron chi connectivity index (χ1n) is 6.75. The highest BCUT2D eigenvalue weighted by molar-refractivity contribution is 7.98. The lowest BCUT2D eigenvalue weighted by Gasteiger charge is -1.93. The molecule has 0 spiro atoms. The number of rotatable bonds is 4. The van der Waals surface area contributed by atoms with E-state index in [1.54, 1.807) is 11.3 Å². The quantitative estimate of drug-likeness (QED) is 0.512. The van der Waals surface area contributed by atoms with Crippen molar-refractivity contribution in [1.29, 1.82) is 0 Å². The van der Waals surface area contributed by atoms with Crippen molar-refractivity contribution in [3.05, 3.63) is 59.6 Å². The number of hydrogen-bond donors (Lipinski definition) is 0. The summed E-state index contributed by atoms with van der Waals surface area (Å²) in [6.45, 7) is 0. The zero-order chi connectivity index (χ0) is 14.8. The van der Waals surface area contributed by atoms with Crippen LogP contribution in [0.1, 0.15) is 5.01 Å². The van der Waals surface area contributed by atoms with Gasteiger partial charge in [-0.15, -0.1) is 21.5 Å². The molecule has 0 amide bonds. The molecule has 22 heavy (non-hydrogen) atoms. The lowest BCUT2D eigenvalue weighted by molar-refractivity contribution is 0.466. The van der Waals surface area contributed by atoms with Crippen LogP contribution >= 0.6 is 23.1 Å². The molecule has 4 rings (SSSR count). The van der Waals surface area contributed by atoms with E-state index in [1.165, 1.54) is 16.5 Å². The SMILES string of the molecule is c1ccc(-c2nnc(SCc3nc4ccccc4s3)o2)cc1. The van der Waals surface area contributed by atoms with E-state index in [0.717, 1.165) is 21.8 Å². The second kappa shape index (κ2) is 5.90. The van der Waals surface area contributed by atoms with Crippen LogP contribution in [-0.4, -0.2) is 15.2 Å². The molecule has 2 aromatic carbocycles. The minimum Gasteiger partial charge on any atom is -0.411 e. The fraction of sp³-hybridized carbons (Fsp3) is 0.0625. The van der Waals surface area contributed by atoms with Gasteiger partial charge in [0.15, 0.2) is 0 Å². The molecule has 108 valence electrons.